The van der Waals surface area contributed by atoms with Gasteiger partial charge >= 0.3 is 0 Å². The van der Waals surface area contributed by atoms with Crippen molar-refractivity contribution in [3.63, 3.8) is 0 Å². The third-order valence-electron chi connectivity index (χ3n) is 5.98. The van der Waals surface area contributed by atoms with Crippen LogP contribution in [0.4, 0.5) is 0 Å². The number of rotatable bonds is 25. The van der Waals surface area contributed by atoms with Gasteiger partial charge in [0.15, 0.2) is 0 Å². The highest BCUT2D eigenvalue weighted by Crippen LogP contribution is 2.09. The Balaban J connectivity index is 3.42. The molecule has 0 radical (unpaired) electrons. The monoisotopic (exact) mass is 451 g/mol. The summed E-state index contributed by atoms with van der Waals surface area (Å²) in [5.74, 6) is 0. The molecule has 0 unspecified atom stereocenters. The second kappa shape index (κ2) is 26.6. The van der Waals surface area contributed by atoms with Crippen molar-refractivity contribution in [3.8, 4) is 0 Å². The lowest BCUT2D eigenvalue weighted by Crippen LogP contribution is -2.37. The van der Waals surface area contributed by atoms with Gasteiger partial charge in [0.1, 0.15) is 0 Å². The van der Waals surface area contributed by atoms with Crippen molar-refractivity contribution in [1.82, 2.24) is 4.90 Å². The Morgan fingerprint density at radius 3 is 1.53 bits per heavy atom. The van der Waals surface area contributed by atoms with Crippen molar-refractivity contribution in [2.24, 2.45) is 0 Å². The van der Waals surface area contributed by atoms with Gasteiger partial charge in [-0.15, -0.1) is 0 Å². The van der Waals surface area contributed by atoms with E-state index in [1.807, 2.05) is 0 Å². The molecule has 0 saturated carbocycles. The number of hydrogen-bond acceptors (Lipinski definition) is 3. The summed E-state index contributed by atoms with van der Waals surface area (Å²) in [6, 6.07) is 0.366. The third kappa shape index (κ3) is 24.0. The minimum atomic E-state index is 0.366. The Labute approximate surface area is 202 Å². The normalized spacial score (nSPS) is 13.2. The quantitative estimate of drug-likeness (QED) is 0.103. The average Bonchev–Trinajstić information content (AvgIpc) is 2.78. The second-order valence-electron chi connectivity index (χ2n) is 9.41. The molecule has 0 amide bonds. The van der Waals surface area contributed by atoms with E-state index in [0.29, 0.717) is 6.04 Å². The van der Waals surface area contributed by atoms with Crippen molar-refractivity contribution in [2.45, 2.75) is 123 Å². The van der Waals surface area contributed by atoms with Gasteiger partial charge in [0.05, 0.1) is 19.3 Å². The molecular formula is C29H57NO2. The first-order chi connectivity index (χ1) is 15.7. The summed E-state index contributed by atoms with van der Waals surface area (Å²) in [5, 5.41) is 0. The maximum Gasteiger partial charge on any atom is 0.0644 e. The van der Waals surface area contributed by atoms with Gasteiger partial charge < -0.3 is 14.4 Å². The Morgan fingerprint density at radius 1 is 0.562 bits per heavy atom. The van der Waals surface area contributed by atoms with Crippen LogP contribution in [0.2, 0.25) is 0 Å². The van der Waals surface area contributed by atoms with E-state index in [1.165, 1.54) is 96.3 Å². The molecule has 0 heterocycles. The summed E-state index contributed by atoms with van der Waals surface area (Å²) < 4.78 is 11.8. The molecule has 0 fully saturated rings. The molecule has 0 aromatic carbocycles. The summed E-state index contributed by atoms with van der Waals surface area (Å²) in [5.41, 5.74) is 0. The maximum absolute atomic E-state index is 5.94. The van der Waals surface area contributed by atoms with Crippen LogP contribution < -0.4 is 0 Å². The van der Waals surface area contributed by atoms with E-state index in [0.717, 1.165) is 32.8 Å². The fourth-order valence-electron chi connectivity index (χ4n) is 3.61. The first-order valence-corrected chi connectivity index (χ1v) is 13.8. The number of unbranched alkanes of at least 4 members (excludes halogenated alkanes) is 12. The highest BCUT2D eigenvalue weighted by atomic mass is 16.5. The second-order valence-corrected chi connectivity index (χ2v) is 9.41. The zero-order chi connectivity index (χ0) is 23.5. The highest BCUT2D eigenvalue weighted by Gasteiger charge is 2.11. The average molecular weight is 452 g/mol. The zero-order valence-corrected chi connectivity index (χ0v) is 22.3. The van der Waals surface area contributed by atoms with Crippen LogP contribution in [0.5, 0.6) is 0 Å². The summed E-state index contributed by atoms with van der Waals surface area (Å²) in [4.78, 5) is 2.23. The minimum Gasteiger partial charge on any atom is -0.380 e. The van der Waals surface area contributed by atoms with Crippen LogP contribution >= 0.6 is 0 Å². The van der Waals surface area contributed by atoms with Crippen LogP contribution in [0.15, 0.2) is 24.3 Å². The predicted octanol–water partition coefficient (Wildman–Crippen LogP) is 8.34. The molecule has 0 aromatic heterocycles. The number of ether oxygens (including phenoxy) is 2. The first kappa shape index (κ1) is 31.4. The first-order valence-electron chi connectivity index (χ1n) is 13.8. The Bertz CT molecular complexity index is 406. The molecule has 1 atom stereocenters. The van der Waals surface area contributed by atoms with Crippen LogP contribution in [-0.4, -0.2) is 51.5 Å². The largest absolute Gasteiger partial charge is 0.380 e. The van der Waals surface area contributed by atoms with Crippen LogP contribution in [0, 0.1) is 0 Å². The molecule has 0 N–H and O–H groups in total. The van der Waals surface area contributed by atoms with E-state index in [4.69, 9.17) is 9.47 Å². The van der Waals surface area contributed by atoms with E-state index in [9.17, 15) is 0 Å². The molecule has 0 bridgehead atoms. The molecular weight excluding hydrogens is 394 g/mol. The van der Waals surface area contributed by atoms with Gasteiger partial charge in [0.2, 0.25) is 0 Å². The lowest BCUT2D eigenvalue weighted by Gasteiger charge is -2.24. The van der Waals surface area contributed by atoms with Gasteiger partial charge in [-0.1, -0.05) is 95.9 Å². The molecule has 0 saturated heterocycles. The van der Waals surface area contributed by atoms with Gasteiger partial charge in [0.25, 0.3) is 0 Å². The fourth-order valence-corrected chi connectivity index (χ4v) is 3.61. The molecule has 0 rings (SSSR count). The van der Waals surface area contributed by atoms with Crippen molar-refractivity contribution < 1.29 is 9.47 Å². The van der Waals surface area contributed by atoms with E-state index in [-0.39, 0.29) is 0 Å². The highest BCUT2D eigenvalue weighted by molar-refractivity contribution is 4.92. The molecule has 0 aliphatic carbocycles. The molecule has 0 spiro atoms. The fraction of sp³-hybridized carbons (Fsp3) is 0.862. The van der Waals surface area contributed by atoms with Crippen LogP contribution in [0.1, 0.15) is 117 Å². The molecule has 0 aromatic rings. The molecule has 0 aliphatic heterocycles. The van der Waals surface area contributed by atoms with Crippen molar-refractivity contribution >= 4 is 0 Å². The SMILES string of the molecule is CCCCCC=CCC=CCCCCCCCCOC[C@H](COCCCCCC)N(C)C. The molecule has 0 aliphatic rings. The summed E-state index contributed by atoms with van der Waals surface area (Å²) in [6.45, 7) is 7.84. The van der Waals surface area contributed by atoms with Gasteiger partial charge in [-0.3, -0.25) is 0 Å². The van der Waals surface area contributed by atoms with Crippen LogP contribution in [0.25, 0.3) is 0 Å². The van der Waals surface area contributed by atoms with E-state index in [1.54, 1.807) is 0 Å². The Morgan fingerprint density at radius 2 is 1.00 bits per heavy atom. The molecule has 190 valence electrons. The summed E-state index contributed by atoms with van der Waals surface area (Å²) >= 11 is 0. The summed E-state index contributed by atoms with van der Waals surface area (Å²) in [7, 11) is 4.24. The van der Waals surface area contributed by atoms with Crippen molar-refractivity contribution in [3.05, 3.63) is 24.3 Å². The third-order valence-corrected chi connectivity index (χ3v) is 5.98. The van der Waals surface area contributed by atoms with Gasteiger partial charge in [0, 0.05) is 13.2 Å². The van der Waals surface area contributed by atoms with Gasteiger partial charge in [-0.25, -0.2) is 0 Å². The lowest BCUT2D eigenvalue weighted by atomic mass is 10.1. The zero-order valence-electron chi connectivity index (χ0n) is 22.3. The maximum atomic E-state index is 5.94. The van der Waals surface area contributed by atoms with E-state index in [2.05, 4.69) is 57.1 Å². The molecule has 3 nitrogen and oxygen atoms in total. The molecule has 32 heavy (non-hydrogen) atoms. The number of hydrogen-bond donors (Lipinski definition) is 0. The van der Waals surface area contributed by atoms with E-state index < -0.39 is 0 Å². The molecule has 3 heteroatoms. The number of nitrogens with zero attached hydrogens (tertiary/aromatic N) is 1. The van der Waals surface area contributed by atoms with Crippen LogP contribution in [-0.2, 0) is 9.47 Å². The predicted molar refractivity (Wildman–Crippen MR) is 143 cm³/mol. The summed E-state index contributed by atoms with van der Waals surface area (Å²) in [6.07, 6.45) is 29.9. The number of likely N-dealkylation sites (N-methyl/N-ethyl adjacent to an activating group) is 1. The van der Waals surface area contributed by atoms with Crippen LogP contribution in [0.3, 0.4) is 0 Å². The topological polar surface area (TPSA) is 21.7 Å². The standard InChI is InChI=1S/C29H57NO2/c1-5-7-9-11-12-13-14-15-16-17-18-19-20-21-22-24-26-32-28-29(30(3)4)27-31-25-23-10-8-6-2/h12-13,15-16,29H,5-11,14,17-28H2,1-4H3/t29-/m0/s1. The number of allylic oxidation sites excluding steroid dienone is 4. The van der Waals surface area contributed by atoms with E-state index >= 15 is 0 Å². The van der Waals surface area contributed by atoms with Gasteiger partial charge in [-0.05, 0) is 59.0 Å². The smallest absolute Gasteiger partial charge is 0.0644 e. The van der Waals surface area contributed by atoms with Crippen molar-refractivity contribution in [1.29, 1.82) is 0 Å². The van der Waals surface area contributed by atoms with Gasteiger partial charge in [-0.2, -0.15) is 0 Å². The lowest BCUT2D eigenvalue weighted by molar-refractivity contribution is 0.0198. The Kier molecular flexibility index (Phi) is 26.1. The minimum absolute atomic E-state index is 0.366. The Hall–Kier alpha value is -0.640. The van der Waals surface area contributed by atoms with Crippen molar-refractivity contribution in [2.75, 3.05) is 40.5 Å².